The lowest BCUT2D eigenvalue weighted by Gasteiger charge is -2.15. The van der Waals surface area contributed by atoms with E-state index in [-0.39, 0.29) is 12.5 Å². The highest BCUT2D eigenvalue weighted by Crippen LogP contribution is 2.22. The molecule has 0 aromatic heterocycles. The number of carbonyl (C=O) groups is 1. The predicted octanol–water partition coefficient (Wildman–Crippen LogP) is 1.97. The van der Waals surface area contributed by atoms with Gasteiger partial charge < -0.3 is 4.74 Å². The molecule has 0 fully saturated rings. The normalized spacial score (nSPS) is 12.2. The molecule has 4 heteroatoms. The Kier molecular flexibility index (Phi) is 4.95. The van der Waals surface area contributed by atoms with Gasteiger partial charge in [0.25, 0.3) is 0 Å². The summed E-state index contributed by atoms with van der Waals surface area (Å²) in [6, 6.07) is 7.99. The highest BCUT2D eigenvalue weighted by molar-refractivity contribution is 5.74. The Bertz CT molecular complexity index is 335. The van der Waals surface area contributed by atoms with Crippen molar-refractivity contribution >= 4 is 5.91 Å². The summed E-state index contributed by atoms with van der Waals surface area (Å²) in [4.78, 5) is 10.9. The third-order valence-corrected chi connectivity index (χ3v) is 2.49. The molecule has 0 saturated carbocycles. The molecule has 1 atom stereocenters. The van der Waals surface area contributed by atoms with E-state index < -0.39 is 5.91 Å². The van der Waals surface area contributed by atoms with Gasteiger partial charge in [-0.1, -0.05) is 29.8 Å². The number of nitrogens with one attached hydrogen (secondary N) is 1. The van der Waals surface area contributed by atoms with Crippen LogP contribution in [0.2, 0.25) is 0 Å². The van der Waals surface area contributed by atoms with Crippen molar-refractivity contribution in [2.24, 2.45) is 0 Å². The van der Waals surface area contributed by atoms with E-state index in [0.717, 1.165) is 5.56 Å². The van der Waals surface area contributed by atoms with Gasteiger partial charge >= 0.3 is 0 Å². The molecule has 16 heavy (non-hydrogen) atoms. The maximum absolute atomic E-state index is 10.9. The van der Waals surface area contributed by atoms with Crippen molar-refractivity contribution in [2.45, 2.75) is 25.9 Å². The Morgan fingerprint density at radius 1 is 1.44 bits per heavy atom. The second-order valence-corrected chi connectivity index (χ2v) is 3.71. The van der Waals surface area contributed by atoms with E-state index in [0.29, 0.717) is 6.42 Å². The quantitative estimate of drug-likeness (QED) is 0.592. The van der Waals surface area contributed by atoms with Crippen molar-refractivity contribution < 1.29 is 14.7 Å². The smallest absolute Gasteiger partial charge is 0.243 e. The van der Waals surface area contributed by atoms with Gasteiger partial charge in [-0.15, -0.1) is 0 Å². The molecule has 2 N–H and O–H groups in total. The third kappa shape index (κ3) is 3.64. The molecule has 1 rings (SSSR count). The zero-order valence-electron chi connectivity index (χ0n) is 9.56. The van der Waals surface area contributed by atoms with Crippen molar-refractivity contribution in [1.82, 2.24) is 5.48 Å². The number of ether oxygens (including phenoxy) is 1. The van der Waals surface area contributed by atoms with Crippen molar-refractivity contribution in [2.75, 3.05) is 7.11 Å². The van der Waals surface area contributed by atoms with E-state index >= 15 is 0 Å². The van der Waals surface area contributed by atoms with Gasteiger partial charge in [-0.3, -0.25) is 10.0 Å². The first-order valence-corrected chi connectivity index (χ1v) is 5.19. The van der Waals surface area contributed by atoms with Crippen molar-refractivity contribution in [1.29, 1.82) is 0 Å². The van der Waals surface area contributed by atoms with Gasteiger partial charge in [0.15, 0.2) is 0 Å². The monoisotopic (exact) mass is 223 g/mol. The number of methoxy groups -OCH3 is 1. The maximum Gasteiger partial charge on any atom is 0.243 e. The lowest BCUT2D eigenvalue weighted by molar-refractivity contribution is -0.129. The molecule has 1 aromatic rings. The van der Waals surface area contributed by atoms with Gasteiger partial charge in [0.1, 0.15) is 0 Å². The van der Waals surface area contributed by atoms with E-state index in [4.69, 9.17) is 9.94 Å². The van der Waals surface area contributed by atoms with Gasteiger partial charge in [0.2, 0.25) is 5.91 Å². The minimum Gasteiger partial charge on any atom is -0.377 e. The molecule has 1 aromatic carbocycles. The number of hydroxylamine groups is 1. The average molecular weight is 223 g/mol. The van der Waals surface area contributed by atoms with E-state index in [1.54, 1.807) is 12.6 Å². The fourth-order valence-electron chi connectivity index (χ4n) is 1.52. The van der Waals surface area contributed by atoms with Gasteiger partial charge in [-0.05, 0) is 18.9 Å². The summed E-state index contributed by atoms with van der Waals surface area (Å²) in [6.45, 7) is 2.02. The first-order valence-electron chi connectivity index (χ1n) is 5.19. The fraction of sp³-hybridized carbons (Fsp3) is 0.417. The Hall–Kier alpha value is -1.39. The van der Waals surface area contributed by atoms with Crippen LogP contribution in [-0.4, -0.2) is 18.2 Å². The predicted molar refractivity (Wildman–Crippen MR) is 60.1 cm³/mol. The number of benzene rings is 1. The zero-order valence-corrected chi connectivity index (χ0v) is 9.56. The summed E-state index contributed by atoms with van der Waals surface area (Å²) >= 11 is 0. The highest BCUT2D eigenvalue weighted by atomic mass is 16.5. The topological polar surface area (TPSA) is 58.6 Å². The Labute approximate surface area is 95.2 Å². The van der Waals surface area contributed by atoms with Gasteiger partial charge in [0, 0.05) is 13.5 Å². The number of hydrogen-bond donors (Lipinski definition) is 2. The SMILES string of the molecule is COC(CCC(=O)NO)c1ccc(C)cc1. The second-order valence-electron chi connectivity index (χ2n) is 3.71. The maximum atomic E-state index is 10.9. The van der Waals surface area contributed by atoms with Crippen LogP contribution in [0.1, 0.15) is 30.1 Å². The van der Waals surface area contributed by atoms with Crippen LogP contribution in [0, 0.1) is 6.92 Å². The molecule has 0 aliphatic carbocycles. The minimum absolute atomic E-state index is 0.113. The van der Waals surface area contributed by atoms with Gasteiger partial charge in [-0.25, -0.2) is 5.48 Å². The van der Waals surface area contributed by atoms with Crippen LogP contribution in [0.5, 0.6) is 0 Å². The average Bonchev–Trinajstić information content (AvgIpc) is 2.31. The molecular weight excluding hydrogens is 206 g/mol. The van der Waals surface area contributed by atoms with Gasteiger partial charge in [-0.2, -0.15) is 0 Å². The standard InChI is InChI=1S/C12H17NO3/c1-9-3-5-10(6-4-9)11(16-2)7-8-12(14)13-15/h3-6,11,15H,7-8H2,1-2H3,(H,13,14). The number of amides is 1. The van der Waals surface area contributed by atoms with E-state index in [1.807, 2.05) is 31.2 Å². The fourth-order valence-corrected chi connectivity index (χ4v) is 1.52. The van der Waals surface area contributed by atoms with Crippen molar-refractivity contribution in [3.8, 4) is 0 Å². The number of carbonyl (C=O) groups excluding carboxylic acids is 1. The van der Waals surface area contributed by atoms with Gasteiger partial charge in [0.05, 0.1) is 6.10 Å². The summed E-state index contributed by atoms with van der Waals surface area (Å²) < 4.78 is 5.31. The van der Waals surface area contributed by atoms with Crippen LogP contribution in [0.4, 0.5) is 0 Å². The van der Waals surface area contributed by atoms with Crippen LogP contribution in [0.15, 0.2) is 24.3 Å². The van der Waals surface area contributed by atoms with Crippen LogP contribution < -0.4 is 5.48 Å². The Morgan fingerprint density at radius 2 is 2.06 bits per heavy atom. The molecule has 1 amide bonds. The molecule has 4 nitrogen and oxygen atoms in total. The molecule has 0 aliphatic heterocycles. The highest BCUT2D eigenvalue weighted by Gasteiger charge is 2.12. The molecule has 1 unspecified atom stereocenters. The third-order valence-electron chi connectivity index (χ3n) is 2.49. The Balaban J connectivity index is 2.60. The van der Waals surface area contributed by atoms with Crippen LogP contribution in [0.25, 0.3) is 0 Å². The van der Waals surface area contributed by atoms with Crippen molar-refractivity contribution in [3.05, 3.63) is 35.4 Å². The van der Waals surface area contributed by atoms with Crippen LogP contribution >= 0.6 is 0 Å². The van der Waals surface area contributed by atoms with E-state index in [1.165, 1.54) is 5.56 Å². The lowest BCUT2D eigenvalue weighted by Crippen LogP contribution is -2.19. The minimum atomic E-state index is -0.394. The summed E-state index contributed by atoms with van der Waals surface area (Å²) in [5.41, 5.74) is 3.84. The zero-order chi connectivity index (χ0) is 12.0. The van der Waals surface area contributed by atoms with Crippen LogP contribution in [0.3, 0.4) is 0 Å². The largest absolute Gasteiger partial charge is 0.377 e. The molecule has 88 valence electrons. The van der Waals surface area contributed by atoms with Crippen LogP contribution in [-0.2, 0) is 9.53 Å². The first kappa shape index (κ1) is 12.7. The molecule has 0 spiro atoms. The molecule has 0 aliphatic rings. The van der Waals surface area contributed by atoms with Crippen molar-refractivity contribution in [3.63, 3.8) is 0 Å². The number of hydrogen-bond acceptors (Lipinski definition) is 3. The first-order chi connectivity index (χ1) is 7.67. The second kappa shape index (κ2) is 6.25. The van der Waals surface area contributed by atoms with E-state index in [9.17, 15) is 4.79 Å². The number of rotatable bonds is 5. The lowest BCUT2D eigenvalue weighted by atomic mass is 10.0. The summed E-state index contributed by atoms with van der Waals surface area (Å²) in [6.07, 6.45) is 0.673. The van der Waals surface area contributed by atoms with E-state index in [2.05, 4.69) is 0 Å². The molecule has 0 bridgehead atoms. The molecule has 0 saturated heterocycles. The summed E-state index contributed by atoms with van der Waals surface area (Å²) in [5.74, 6) is -0.394. The Morgan fingerprint density at radius 3 is 2.56 bits per heavy atom. The molecule has 0 radical (unpaired) electrons. The number of aryl methyl sites for hydroxylation is 1. The molecule has 0 heterocycles. The summed E-state index contributed by atoms with van der Waals surface area (Å²) in [7, 11) is 1.61. The molecular formula is C12H17NO3. The summed E-state index contributed by atoms with van der Waals surface area (Å²) in [5, 5.41) is 8.39.